The second-order valence-corrected chi connectivity index (χ2v) is 4.07. The molecule has 3 nitrogen and oxygen atoms in total. The Labute approximate surface area is 112 Å². The SMILES string of the molecule is CCC(=O)OCc1ccc(Oc2ccccc2)cc1. The van der Waals surface area contributed by atoms with E-state index in [1.165, 1.54) is 0 Å². The number of hydrogen-bond acceptors (Lipinski definition) is 3. The van der Waals surface area contributed by atoms with Crippen molar-refractivity contribution in [1.29, 1.82) is 0 Å². The molecule has 0 spiro atoms. The molecule has 0 bridgehead atoms. The maximum atomic E-state index is 11.0. The Morgan fingerprint density at radius 3 is 2.21 bits per heavy atom. The van der Waals surface area contributed by atoms with Crippen LogP contribution < -0.4 is 4.74 Å². The number of esters is 1. The Balaban J connectivity index is 1.93. The van der Waals surface area contributed by atoms with Crippen molar-refractivity contribution in [1.82, 2.24) is 0 Å². The summed E-state index contributed by atoms with van der Waals surface area (Å²) in [5, 5.41) is 0. The van der Waals surface area contributed by atoms with E-state index in [4.69, 9.17) is 9.47 Å². The summed E-state index contributed by atoms with van der Waals surface area (Å²) < 4.78 is 10.7. The molecule has 0 fully saturated rings. The fourth-order valence-electron chi connectivity index (χ4n) is 1.54. The smallest absolute Gasteiger partial charge is 0.305 e. The van der Waals surface area contributed by atoms with Gasteiger partial charge in [0.25, 0.3) is 0 Å². The quantitative estimate of drug-likeness (QED) is 0.760. The van der Waals surface area contributed by atoms with Gasteiger partial charge in [-0.15, -0.1) is 0 Å². The highest BCUT2D eigenvalue weighted by Gasteiger charge is 2.01. The first-order valence-electron chi connectivity index (χ1n) is 6.25. The Morgan fingerprint density at radius 1 is 0.947 bits per heavy atom. The Hall–Kier alpha value is -2.29. The van der Waals surface area contributed by atoms with Crippen LogP contribution in [0.4, 0.5) is 0 Å². The van der Waals surface area contributed by atoms with Crippen LogP contribution >= 0.6 is 0 Å². The van der Waals surface area contributed by atoms with E-state index < -0.39 is 0 Å². The lowest BCUT2D eigenvalue weighted by Gasteiger charge is -2.07. The molecule has 0 amide bonds. The molecule has 0 saturated carbocycles. The molecule has 0 aromatic heterocycles. The molecule has 2 aromatic rings. The van der Waals surface area contributed by atoms with Crippen LogP contribution in [0.5, 0.6) is 11.5 Å². The Kier molecular flexibility index (Phi) is 4.56. The molecular weight excluding hydrogens is 240 g/mol. The molecule has 98 valence electrons. The van der Waals surface area contributed by atoms with Crippen LogP contribution in [-0.2, 0) is 16.1 Å². The average molecular weight is 256 g/mol. The van der Waals surface area contributed by atoms with Crippen molar-refractivity contribution >= 4 is 5.97 Å². The van der Waals surface area contributed by atoms with Crippen molar-refractivity contribution in [2.24, 2.45) is 0 Å². The van der Waals surface area contributed by atoms with Gasteiger partial charge >= 0.3 is 5.97 Å². The number of rotatable bonds is 5. The van der Waals surface area contributed by atoms with Crippen molar-refractivity contribution in [2.75, 3.05) is 0 Å². The molecule has 0 heterocycles. The molecule has 0 saturated heterocycles. The van der Waals surface area contributed by atoms with E-state index >= 15 is 0 Å². The summed E-state index contributed by atoms with van der Waals surface area (Å²) in [4.78, 5) is 11.0. The van der Waals surface area contributed by atoms with Gasteiger partial charge < -0.3 is 9.47 Å². The van der Waals surface area contributed by atoms with Gasteiger partial charge in [0.05, 0.1) is 0 Å². The van der Waals surface area contributed by atoms with E-state index in [9.17, 15) is 4.79 Å². The second kappa shape index (κ2) is 6.59. The first-order chi connectivity index (χ1) is 9.28. The van der Waals surface area contributed by atoms with Crippen LogP contribution in [0, 0.1) is 0 Å². The minimum absolute atomic E-state index is 0.190. The van der Waals surface area contributed by atoms with E-state index in [0.717, 1.165) is 17.1 Å². The van der Waals surface area contributed by atoms with Gasteiger partial charge in [0.1, 0.15) is 18.1 Å². The molecule has 19 heavy (non-hydrogen) atoms. The van der Waals surface area contributed by atoms with Crippen LogP contribution in [0.3, 0.4) is 0 Å². The normalized spacial score (nSPS) is 9.95. The van der Waals surface area contributed by atoms with Crippen LogP contribution in [0.15, 0.2) is 54.6 Å². The zero-order valence-corrected chi connectivity index (χ0v) is 10.8. The maximum Gasteiger partial charge on any atom is 0.305 e. The van der Waals surface area contributed by atoms with Gasteiger partial charge in [0.2, 0.25) is 0 Å². The Morgan fingerprint density at radius 2 is 1.58 bits per heavy atom. The van der Waals surface area contributed by atoms with Gasteiger partial charge in [-0.25, -0.2) is 0 Å². The molecule has 0 N–H and O–H groups in total. The third kappa shape index (κ3) is 4.14. The number of benzene rings is 2. The molecule has 0 aliphatic rings. The predicted octanol–water partition coefficient (Wildman–Crippen LogP) is 3.93. The fourth-order valence-corrected chi connectivity index (χ4v) is 1.54. The largest absolute Gasteiger partial charge is 0.461 e. The summed E-state index contributed by atoms with van der Waals surface area (Å²) >= 11 is 0. The molecule has 2 aromatic carbocycles. The Bertz CT molecular complexity index is 517. The van der Waals surface area contributed by atoms with Gasteiger partial charge in [0, 0.05) is 6.42 Å². The molecule has 2 rings (SSSR count). The van der Waals surface area contributed by atoms with E-state index in [1.807, 2.05) is 54.6 Å². The summed E-state index contributed by atoms with van der Waals surface area (Å²) in [6.45, 7) is 2.08. The molecular formula is C16H16O3. The van der Waals surface area contributed by atoms with Crippen molar-refractivity contribution < 1.29 is 14.3 Å². The second-order valence-electron chi connectivity index (χ2n) is 4.07. The van der Waals surface area contributed by atoms with Gasteiger partial charge in [-0.1, -0.05) is 37.3 Å². The molecule has 3 heteroatoms. The summed E-state index contributed by atoms with van der Waals surface area (Å²) in [6.07, 6.45) is 0.398. The highest BCUT2D eigenvalue weighted by Crippen LogP contribution is 2.21. The monoisotopic (exact) mass is 256 g/mol. The van der Waals surface area contributed by atoms with Crippen LogP contribution in [0.25, 0.3) is 0 Å². The zero-order valence-electron chi connectivity index (χ0n) is 10.8. The lowest BCUT2D eigenvalue weighted by molar-refractivity contribution is -0.144. The third-order valence-electron chi connectivity index (χ3n) is 2.59. The number of para-hydroxylation sites is 1. The number of ether oxygens (including phenoxy) is 2. The standard InChI is InChI=1S/C16H16O3/c1-2-16(17)18-12-13-8-10-15(11-9-13)19-14-6-4-3-5-7-14/h3-11H,2,12H2,1H3. The van der Waals surface area contributed by atoms with E-state index in [1.54, 1.807) is 6.92 Å². The predicted molar refractivity (Wildman–Crippen MR) is 73.0 cm³/mol. The van der Waals surface area contributed by atoms with Crippen molar-refractivity contribution in [3.05, 3.63) is 60.2 Å². The van der Waals surface area contributed by atoms with Crippen molar-refractivity contribution in [3.8, 4) is 11.5 Å². The van der Waals surface area contributed by atoms with Crippen LogP contribution in [0.2, 0.25) is 0 Å². The molecule has 0 unspecified atom stereocenters. The molecule has 0 aliphatic heterocycles. The molecule has 0 atom stereocenters. The minimum Gasteiger partial charge on any atom is -0.461 e. The number of hydrogen-bond donors (Lipinski definition) is 0. The van der Waals surface area contributed by atoms with Crippen LogP contribution in [-0.4, -0.2) is 5.97 Å². The number of carbonyl (C=O) groups excluding carboxylic acids is 1. The average Bonchev–Trinajstić information content (AvgIpc) is 2.47. The highest BCUT2D eigenvalue weighted by molar-refractivity contribution is 5.68. The molecule has 0 radical (unpaired) electrons. The van der Waals surface area contributed by atoms with E-state index in [0.29, 0.717) is 13.0 Å². The number of carbonyl (C=O) groups is 1. The first-order valence-corrected chi connectivity index (χ1v) is 6.25. The van der Waals surface area contributed by atoms with Crippen molar-refractivity contribution in [3.63, 3.8) is 0 Å². The lowest BCUT2D eigenvalue weighted by atomic mass is 10.2. The summed E-state index contributed by atoms with van der Waals surface area (Å²) in [7, 11) is 0. The summed E-state index contributed by atoms with van der Waals surface area (Å²) in [5.74, 6) is 1.37. The summed E-state index contributed by atoms with van der Waals surface area (Å²) in [6, 6.07) is 17.1. The third-order valence-corrected chi connectivity index (χ3v) is 2.59. The minimum atomic E-state index is -0.190. The van der Waals surface area contributed by atoms with Crippen LogP contribution in [0.1, 0.15) is 18.9 Å². The lowest BCUT2D eigenvalue weighted by Crippen LogP contribution is -2.02. The van der Waals surface area contributed by atoms with Gasteiger partial charge in [-0.05, 0) is 29.8 Å². The first kappa shape index (κ1) is 13.1. The van der Waals surface area contributed by atoms with Gasteiger partial charge in [0.15, 0.2) is 0 Å². The highest BCUT2D eigenvalue weighted by atomic mass is 16.5. The molecule has 0 aliphatic carbocycles. The van der Waals surface area contributed by atoms with E-state index in [2.05, 4.69) is 0 Å². The van der Waals surface area contributed by atoms with Crippen molar-refractivity contribution in [2.45, 2.75) is 20.0 Å². The van der Waals surface area contributed by atoms with Gasteiger partial charge in [-0.3, -0.25) is 4.79 Å². The topological polar surface area (TPSA) is 35.5 Å². The zero-order chi connectivity index (χ0) is 13.5. The van der Waals surface area contributed by atoms with Gasteiger partial charge in [-0.2, -0.15) is 0 Å². The fraction of sp³-hybridized carbons (Fsp3) is 0.188. The summed E-state index contributed by atoms with van der Waals surface area (Å²) in [5.41, 5.74) is 0.946. The maximum absolute atomic E-state index is 11.0. The van der Waals surface area contributed by atoms with E-state index in [-0.39, 0.29) is 5.97 Å².